The third-order valence-electron chi connectivity index (χ3n) is 4.67. The van der Waals surface area contributed by atoms with Gasteiger partial charge in [0, 0.05) is 19.6 Å². The molecule has 0 spiro atoms. The Morgan fingerprint density at radius 3 is 2.26 bits per heavy atom. The molecule has 2 aromatic carbocycles. The molecule has 1 heterocycles. The van der Waals surface area contributed by atoms with Gasteiger partial charge in [0.05, 0.1) is 16.3 Å². The molecular weight excluding hydrogens is 384 g/mol. The van der Waals surface area contributed by atoms with Gasteiger partial charge < -0.3 is 0 Å². The van der Waals surface area contributed by atoms with E-state index in [2.05, 4.69) is 0 Å². The topological polar surface area (TPSA) is 74.8 Å². The molecule has 2 aromatic rings. The van der Waals surface area contributed by atoms with E-state index >= 15 is 0 Å². The highest BCUT2D eigenvalue weighted by Crippen LogP contribution is 2.26. The number of hydrogen-bond acceptors (Lipinski definition) is 4. The first-order chi connectivity index (χ1) is 12.8. The summed E-state index contributed by atoms with van der Waals surface area (Å²) in [6.07, 6.45) is 1.47. The van der Waals surface area contributed by atoms with Crippen LogP contribution >= 0.6 is 0 Å². The van der Waals surface area contributed by atoms with Crippen LogP contribution in [0.5, 0.6) is 0 Å². The molecule has 0 N–H and O–H groups in total. The lowest BCUT2D eigenvalue weighted by Gasteiger charge is -2.28. The highest BCUT2D eigenvalue weighted by atomic mass is 32.2. The first-order valence-corrected chi connectivity index (χ1v) is 12.0. The van der Waals surface area contributed by atoms with Crippen molar-refractivity contribution in [2.75, 3.05) is 23.1 Å². The molecule has 0 bridgehead atoms. The van der Waals surface area contributed by atoms with E-state index in [9.17, 15) is 16.8 Å². The van der Waals surface area contributed by atoms with Crippen molar-refractivity contribution in [3.05, 3.63) is 60.2 Å². The fourth-order valence-electron chi connectivity index (χ4n) is 3.17. The average Bonchev–Trinajstić information content (AvgIpc) is 2.66. The highest BCUT2D eigenvalue weighted by Gasteiger charge is 2.27. The molecule has 3 rings (SSSR count). The number of anilines is 1. The van der Waals surface area contributed by atoms with Crippen molar-refractivity contribution in [1.29, 1.82) is 0 Å². The molecule has 0 atom stereocenters. The predicted molar refractivity (Wildman–Crippen MR) is 107 cm³/mol. The summed E-state index contributed by atoms with van der Waals surface area (Å²) in [6.45, 7) is 2.88. The molecule has 0 saturated carbocycles. The number of hydrogen-bond donors (Lipinski definition) is 0. The Morgan fingerprint density at radius 2 is 1.67 bits per heavy atom. The van der Waals surface area contributed by atoms with Crippen LogP contribution in [0, 0.1) is 0 Å². The number of benzene rings is 2. The fourth-order valence-corrected chi connectivity index (χ4v) is 6.24. The molecule has 27 heavy (non-hydrogen) atoms. The fraction of sp³-hybridized carbons (Fsp3) is 0.368. The maximum absolute atomic E-state index is 13.0. The molecule has 0 unspecified atom stereocenters. The molecule has 0 amide bonds. The SMILES string of the molecule is CCN(Cc1ccccc1)S(=O)(=O)c1ccc(N2CCCCS2(=O)=O)cc1. The monoisotopic (exact) mass is 408 g/mol. The van der Waals surface area contributed by atoms with Gasteiger partial charge in [-0.3, -0.25) is 4.31 Å². The van der Waals surface area contributed by atoms with Gasteiger partial charge in [0.25, 0.3) is 0 Å². The Balaban J connectivity index is 1.84. The second-order valence-electron chi connectivity index (χ2n) is 6.51. The Kier molecular flexibility index (Phi) is 5.88. The van der Waals surface area contributed by atoms with Gasteiger partial charge in [-0.15, -0.1) is 0 Å². The van der Waals surface area contributed by atoms with Gasteiger partial charge in [0.15, 0.2) is 0 Å². The van der Waals surface area contributed by atoms with Gasteiger partial charge in [-0.25, -0.2) is 16.8 Å². The van der Waals surface area contributed by atoms with Crippen LogP contribution in [0.25, 0.3) is 0 Å². The molecule has 0 aromatic heterocycles. The van der Waals surface area contributed by atoms with Crippen molar-refractivity contribution in [3.8, 4) is 0 Å². The second-order valence-corrected chi connectivity index (χ2v) is 10.5. The summed E-state index contributed by atoms with van der Waals surface area (Å²) in [7, 11) is -6.97. The summed E-state index contributed by atoms with van der Waals surface area (Å²) < 4.78 is 53.2. The van der Waals surface area contributed by atoms with Gasteiger partial charge in [-0.1, -0.05) is 37.3 Å². The molecular formula is C19H24N2O4S2. The van der Waals surface area contributed by atoms with Gasteiger partial charge >= 0.3 is 0 Å². The van der Waals surface area contributed by atoms with Crippen molar-refractivity contribution in [2.24, 2.45) is 0 Å². The maximum atomic E-state index is 13.0. The molecule has 0 radical (unpaired) electrons. The number of nitrogens with zero attached hydrogens (tertiary/aromatic N) is 2. The summed E-state index contributed by atoms with van der Waals surface area (Å²) >= 11 is 0. The minimum atomic E-state index is -3.66. The third kappa shape index (κ3) is 4.34. The van der Waals surface area contributed by atoms with Crippen LogP contribution in [0.1, 0.15) is 25.3 Å². The van der Waals surface area contributed by atoms with E-state index in [0.717, 1.165) is 12.0 Å². The summed E-state index contributed by atoms with van der Waals surface area (Å²) in [5.74, 6) is 0.133. The van der Waals surface area contributed by atoms with Crippen LogP contribution in [0.15, 0.2) is 59.5 Å². The molecule has 146 valence electrons. The molecule has 6 nitrogen and oxygen atoms in total. The van der Waals surface area contributed by atoms with E-state index < -0.39 is 20.0 Å². The molecule has 1 saturated heterocycles. The van der Waals surface area contributed by atoms with Crippen LogP contribution in [0.2, 0.25) is 0 Å². The third-order valence-corrected chi connectivity index (χ3v) is 8.47. The molecule has 0 aliphatic carbocycles. The molecule has 1 aliphatic heterocycles. The molecule has 1 aliphatic rings. The second kappa shape index (κ2) is 8.00. The zero-order valence-electron chi connectivity index (χ0n) is 15.3. The summed E-state index contributed by atoms with van der Waals surface area (Å²) in [4.78, 5) is 0.165. The van der Waals surface area contributed by atoms with Crippen molar-refractivity contribution >= 4 is 25.7 Å². The first kappa shape index (κ1) is 19.9. The summed E-state index contributed by atoms with van der Waals surface area (Å²) in [6, 6.07) is 15.6. The van der Waals surface area contributed by atoms with Crippen molar-refractivity contribution < 1.29 is 16.8 Å². The Hall–Kier alpha value is -1.90. The predicted octanol–water partition coefficient (Wildman–Crippen LogP) is 2.83. The van der Waals surface area contributed by atoms with E-state index in [0.29, 0.717) is 31.7 Å². The van der Waals surface area contributed by atoms with Gasteiger partial charge in [-0.05, 0) is 42.7 Å². The van der Waals surface area contributed by atoms with Crippen molar-refractivity contribution in [2.45, 2.75) is 31.2 Å². The minimum Gasteiger partial charge on any atom is -0.270 e. The minimum absolute atomic E-state index is 0.133. The highest BCUT2D eigenvalue weighted by molar-refractivity contribution is 7.92. The Morgan fingerprint density at radius 1 is 1.00 bits per heavy atom. The van der Waals surface area contributed by atoms with Gasteiger partial charge in [-0.2, -0.15) is 4.31 Å². The van der Waals surface area contributed by atoms with E-state index in [-0.39, 0.29) is 10.6 Å². The van der Waals surface area contributed by atoms with Crippen LogP contribution < -0.4 is 4.31 Å². The molecule has 8 heteroatoms. The standard InChI is InChI=1S/C19H24N2O4S2/c1-2-20(16-17-8-4-3-5-9-17)27(24,25)19-12-10-18(11-13-19)21-14-6-7-15-26(21,22)23/h3-5,8-13H,2,6-7,14-16H2,1H3. The Bertz CT molecular complexity index is 972. The lowest BCUT2D eigenvalue weighted by Crippen LogP contribution is -2.37. The normalized spacial score (nSPS) is 17.2. The van der Waals surface area contributed by atoms with E-state index in [1.54, 1.807) is 19.1 Å². The van der Waals surface area contributed by atoms with Crippen LogP contribution in [0.3, 0.4) is 0 Å². The summed E-state index contributed by atoms with van der Waals surface area (Å²) in [5, 5.41) is 0. The van der Waals surface area contributed by atoms with E-state index in [1.807, 2.05) is 30.3 Å². The lowest BCUT2D eigenvalue weighted by molar-refractivity contribution is 0.423. The van der Waals surface area contributed by atoms with Crippen molar-refractivity contribution in [3.63, 3.8) is 0 Å². The smallest absolute Gasteiger partial charge is 0.243 e. The van der Waals surface area contributed by atoms with Gasteiger partial charge in [0.2, 0.25) is 20.0 Å². The number of sulfonamides is 2. The lowest BCUT2D eigenvalue weighted by atomic mass is 10.2. The largest absolute Gasteiger partial charge is 0.270 e. The van der Waals surface area contributed by atoms with Crippen LogP contribution in [0.4, 0.5) is 5.69 Å². The number of rotatable bonds is 6. The zero-order valence-corrected chi connectivity index (χ0v) is 16.9. The molecule has 1 fully saturated rings. The Labute approximate surface area is 161 Å². The summed E-state index contributed by atoms with van der Waals surface area (Å²) in [5.41, 5.74) is 1.43. The first-order valence-electron chi connectivity index (χ1n) is 8.99. The van der Waals surface area contributed by atoms with Gasteiger partial charge in [0.1, 0.15) is 0 Å². The van der Waals surface area contributed by atoms with Crippen molar-refractivity contribution in [1.82, 2.24) is 4.31 Å². The average molecular weight is 409 g/mol. The van der Waals surface area contributed by atoms with Crippen LogP contribution in [-0.4, -0.2) is 40.0 Å². The van der Waals surface area contributed by atoms with E-state index in [1.165, 1.54) is 20.7 Å². The van der Waals surface area contributed by atoms with Crippen LogP contribution in [-0.2, 0) is 26.6 Å². The van der Waals surface area contributed by atoms with E-state index in [4.69, 9.17) is 0 Å². The maximum Gasteiger partial charge on any atom is 0.243 e. The zero-order chi connectivity index (χ0) is 19.5. The quantitative estimate of drug-likeness (QED) is 0.737.